The largest absolute Gasteiger partial charge is 0.312 e. The van der Waals surface area contributed by atoms with Crippen LogP contribution in [0.1, 0.15) is 18.9 Å². The topological polar surface area (TPSA) is 46.2 Å². The summed E-state index contributed by atoms with van der Waals surface area (Å²) >= 11 is 0. The van der Waals surface area contributed by atoms with Gasteiger partial charge in [-0.2, -0.15) is 0 Å². The summed E-state index contributed by atoms with van der Waals surface area (Å²) in [6.45, 7) is 3.40. The predicted octanol–water partition coefficient (Wildman–Crippen LogP) is 1.59. The maximum Gasteiger partial charge on any atom is 0.175 e. The fourth-order valence-corrected chi connectivity index (χ4v) is 1.99. The van der Waals surface area contributed by atoms with E-state index in [2.05, 4.69) is 17.2 Å². The summed E-state index contributed by atoms with van der Waals surface area (Å²) < 4.78 is 22.5. The SMILES string of the molecule is CC#CCCNCc1ccc(S(C)(=O)=O)cc1. The molecule has 0 fully saturated rings. The highest BCUT2D eigenvalue weighted by molar-refractivity contribution is 7.90. The Balaban J connectivity index is 2.48. The Bertz CT molecular complexity index is 507. The van der Waals surface area contributed by atoms with Gasteiger partial charge in [0.2, 0.25) is 0 Å². The minimum atomic E-state index is -3.09. The van der Waals surface area contributed by atoms with E-state index >= 15 is 0 Å². The highest BCUT2D eigenvalue weighted by atomic mass is 32.2. The molecule has 0 saturated carbocycles. The maximum atomic E-state index is 11.2. The van der Waals surface area contributed by atoms with E-state index in [1.807, 2.05) is 19.1 Å². The van der Waals surface area contributed by atoms with Gasteiger partial charge in [-0.15, -0.1) is 11.8 Å². The van der Waals surface area contributed by atoms with Crippen molar-refractivity contribution in [2.45, 2.75) is 24.8 Å². The first-order valence-electron chi connectivity index (χ1n) is 5.43. The molecule has 17 heavy (non-hydrogen) atoms. The Morgan fingerprint density at radius 1 is 1.24 bits per heavy atom. The summed E-state index contributed by atoms with van der Waals surface area (Å²) in [6, 6.07) is 6.93. The molecule has 0 aliphatic carbocycles. The van der Waals surface area contributed by atoms with Crippen molar-refractivity contribution >= 4 is 9.84 Å². The number of rotatable bonds is 5. The van der Waals surface area contributed by atoms with E-state index in [1.54, 1.807) is 12.1 Å². The van der Waals surface area contributed by atoms with E-state index in [0.717, 1.165) is 25.1 Å². The number of nitrogens with one attached hydrogen (secondary N) is 1. The van der Waals surface area contributed by atoms with Crippen LogP contribution in [0.5, 0.6) is 0 Å². The molecular weight excluding hydrogens is 234 g/mol. The minimum Gasteiger partial charge on any atom is -0.312 e. The van der Waals surface area contributed by atoms with Crippen molar-refractivity contribution in [2.24, 2.45) is 0 Å². The molecule has 0 bridgehead atoms. The van der Waals surface area contributed by atoms with Crippen LogP contribution in [0.2, 0.25) is 0 Å². The van der Waals surface area contributed by atoms with Gasteiger partial charge in [0, 0.05) is 25.8 Å². The molecule has 0 saturated heterocycles. The molecule has 1 aromatic rings. The molecular formula is C13H17NO2S. The van der Waals surface area contributed by atoms with Crippen LogP contribution in [0.15, 0.2) is 29.2 Å². The van der Waals surface area contributed by atoms with Crippen molar-refractivity contribution in [3.05, 3.63) is 29.8 Å². The second-order valence-electron chi connectivity index (χ2n) is 3.77. The third-order valence-corrected chi connectivity index (χ3v) is 3.41. The smallest absolute Gasteiger partial charge is 0.175 e. The zero-order valence-corrected chi connectivity index (χ0v) is 11.0. The Labute approximate surface area is 103 Å². The van der Waals surface area contributed by atoms with Gasteiger partial charge in [0.25, 0.3) is 0 Å². The number of sulfone groups is 1. The lowest BCUT2D eigenvalue weighted by molar-refractivity contribution is 0.602. The molecule has 92 valence electrons. The van der Waals surface area contributed by atoms with E-state index in [4.69, 9.17) is 0 Å². The third kappa shape index (κ3) is 5.03. The molecule has 3 nitrogen and oxygen atoms in total. The molecule has 1 aromatic carbocycles. The summed E-state index contributed by atoms with van der Waals surface area (Å²) in [6.07, 6.45) is 2.04. The highest BCUT2D eigenvalue weighted by Gasteiger charge is 2.05. The van der Waals surface area contributed by atoms with Gasteiger partial charge in [0.05, 0.1) is 4.90 Å². The van der Waals surface area contributed by atoms with Crippen molar-refractivity contribution in [3.8, 4) is 11.8 Å². The van der Waals surface area contributed by atoms with E-state index in [9.17, 15) is 8.42 Å². The molecule has 0 aromatic heterocycles. The van der Waals surface area contributed by atoms with Gasteiger partial charge in [-0.3, -0.25) is 0 Å². The fraction of sp³-hybridized carbons (Fsp3) is 0.385. The lowest BCUT2D eigenvalue weighted by Gasteiger charge is -2.04. The van der Waals surface area contributed by atoms with Gasteiger partial charge in [-0.1, -0.05) is 12.1 Å². The highest BCUT2D eigenvalue weighted by Crippen LogP contribution is 2.09. The number of hydrogen-bond acceptors (Lipinski definition) is 3. The second-order valence-corrected chi connectivity index (χ2v) is 5.79. The van der Waals surface area contributed by atoms with Crippen molar-refractivity contribution in [1.82, 2.24) is 5.32 Å². The summed E-state index contributed by atoms with van der Waals surface area (Å²) in [5.41, 5.74) is 1.07. The summed E-state index contributed by atoms with van der Waals surface area (Å²) in [4.78, 5) is 0.359. The van der Waals surface area contributed by atoms with Crippen LogP contribution in [0.25, 0.3) is 0 Å². The Morgan fingerprint density at radius 2 is 1.88 bits per heavy atom. The van der Waals surface area contributed by atoms with Gasteiger partial charge in [0.15, 0.2) is 9.84 Å². The van der Waals surface area contributed by atoms with E-state index < -0.39 is 9.84 Å². The Hall–Kier alpha value is -1.31. The van der Waals surface area contributed by atoms with Crippen LogP contribution in [-0.2, 0) is 16.4 Å². The first kappa shape index (κ1) is 13.8. The summed E-state index contributed by atoms with van der Waals surface area (Å²) in [5.74, 6) is 5.81. The van der Waals surface area contributed by atoms with Gasteiger partial charge >= 0.3 is 0 Å². The molecule has 0 atom stereocenters. The van der Waals surface area contributed by atoms with Gasteiger partial charge in [-0.25, -0.2) is 8.42 Å². The van der Waals surface area contributed by atoms with Crippen LogP contribution in [0.3, 0.4) is 0 Å². The number of hydrogen-bond donors (Lipinski definition) is 1. The average molecular weight is 251 g/mol. The van der Waals surface area contributed by atoms with Crippen molar-refractivity contribution in [1.29, 1.82) is 0 Å². The van der Waals surface area contributed by atoms with Gasteiger partial charge < -0.3 is 5.32 Å². The van der Waals surface area contributed by atoms with Crippen LogP contribution >= 0.6 is 0 Å². The van der Waals surface area contributed by atoms with E-state index in [0.29, 0.717) is 4.90 Å². The molecule has 0 unspecified atom stereocenters. The number of benzene rings is 1. The maximum absolute atomic E-state index is 11.2. The van der Waals surface area contributed by atoms with E-state index in [1.165, 1.54) is 6.26 Å². The molecule has 0 radical (unpaired) electrons. The first-order chi connectivity index (χ1) is 8.04. The van der Waals surface area contributed by atoms with Crippen LogP contribution in [-0.4, -0.2) is 21.2 Å². The molecule has 0 heterocycles. The molecule has 0 spiro atoms. The lowest BCUT2D eigenvalue weighted by Crippen LogP contribution is -2.14. The lowest BCUT2D eigenvalue weighted by atomic mass is 10.2. The van der Waals surface area contributed by atoms with Crippen LogP contribution in [0.4, 0.5) is 0 Å². The molecule has 0 aliphatic heterocycles. The third-order valence-electron chi connectivity index (χ3n) is 2.28. The van der Waals surface area contributed by atoms with Crippen LogP contribution in [0, 0.1) is 11.8 Å². The van der Waals surface area contributed by atoms with Crippen molar-refractivity contribution in [2.75, 3.05) is 12.8 Å². The zero-order chi connectivity index (χ0) is 12.7. The normalized spacial score (nSPS) is 10.7. The van der Waals surface area contributed by atoms with Crippen molar-refractivity contribution in [3.63, 3.8) is 0 Å². The fourth-order valence-electron chi connectivity index (χ4n) is 1.36. The molecule has 4 heteroatoms. The second kappa shape index (κ2) is 6.43. The minimum absolute atomic E-state index is 0.359. The molecule has 0 amide bonds. The standard InChI is InChI=1S/C13H17NO2S/c1-3-4-5-10-14-11-12-6-8-13(9-7-12)17(2,15)16/h6-9,14H,5,10-11H2,1-2H3. The molecule has 1 N–H and O–H groups in total. The predicted molar refractivity (Wildman–Crippen MR) is 69.3 cm³/mol. The summed E-state index contributed by atoms with van der Waals surface area (Å²) in [5, 5.41) is 3.24. The van der Waals surface area contributed by atoms with Crippen molar-refractivity contribution < 1.29 is 8.42 Å². The summed E-state index contributed by atoms with van der Waals surface area (Å²) in [7, 11) is -3.09. The molecule has 0 aliphatic rings. The van der Waals surface area contributed by atoms with Gasteiger partial charge in [0.1, 0.15) is 0 Å². The van der Waals surface area contributed by atoms with Gasteiger partial charge in [-0.05, 0) is 24.6 Å². The Morgan fingerprint density at radius 3 is 2.41 bits per heavy atom. The van der Waals surface area contributed by atoms with Crippen LogP contribution < -0.4 is 5.32 Å². The zero-order valence-electron chi connectivity index (χ0n) is 10.2. The quantitative estimate of drug-likeness (QED) is 0.638. The van der Waals surface area contributed by atoms with E-state index in [-0.39, 0.29) is 0 Å². The first-order valence-corrected chi connectivity index (χ1v) is 7.32. The Kier molecular flexibility index (Phi) is 5.20. The monoisotopic (exact) mass is 251 g/mol. The average Bonchev–Trinajstić information content (AvgIpc) is 2.28. The molecule has 1 rings (SSSR count).